The third-order valence-corrected chi connectivity index (χ3v) is 6.90. The SMILES string of the molecule is C[C@H](Nc1nc(N)ncc1C#N)c1cc2cccc(-c3cccc(NS(C)(=O)=O)c3)c2c(=O)n1-c1ccccc1. The lowest BCUT2D eigenvalue weighted by molar-refractivity contribution is 0.607. The van der Waals surface area contributed by atoms with Crippen LogP contribution < -0.4 is 21.3 Å². The fourth-order valence-corrected chi connectivity index (χ4v) is 5.17. The van der Waals surface area contributed by atoms with Crippen molar-refractivity contribution in [2.75, 3.05) is 22.0 Å². The van der Waals surface area contributed by atoms with Crippen LogP contribution >= 0.6 is 0 Å². The zero-order valence-electron chi connectivity index (χ0n) is 21.7. The molecule has 40 heavy (non-hydrogen) atoms. The maximum Gasteiger partial charge on any atom is 0.263 e. The average molecular weight is 552 g/mol. The molecule has 0 unspecified atom stereocenters. The molecule has 0 fully saturated rings. The van der Waals surface area contributed by atoms with Crippen molar-refractivity contribution in [2.45, 2.75) is 13.0 Å². The number of nitrogens with one attached hydrogen (secondary N) is 2. The van der Waals surface area contributed by atoms with Crippen molar-refractivity contribution in [2.24, 2.45) is 0 Å². The number of nitrogens with zero attached hydrogens (tertiary/aromatic N) is 4. The van der Waals surface area contributed by atoms with E-state index < -0.39 is 16.1 Å². The van der Waals surface area contributed by atoms with Gasteiger partial charge in [-0.25, -0.2) is 13.4 Å². The summed E-state index contributed by atoms with van der Waals surface area (Å²) < 4.78 is 27.7. The summed E-state index contributed by atoms with van der Waals surface area (Å²) in [5, 5.41) is 13.9. The van der Waals surface area contributed by atoms with Crippen molar-refractivity contribution in [3.63, 3.8) is 0 Å². The van der Waals surface area contributed by atoms with Gasteiger partial charge in [0.25, 0.3) is 5.56 Å². The first-order chi connectivity index (χ1) is 19.1. The molecule has 11 heteroatoms. The molecule has 0 aliphatic heterocycles. The van der Waals surface area contributed by atoms with E-state index in [0.717, 1.165) is 6.26 Å². The van der Waals surface area contributed by atoms with Gasteiger partial charge in [0, 0.05) is 17.1 Å². The van der Waals surface area contributed by atoms with Gasteiger partial charge in [0.1, 0.15) is 17.5 Å². The van der Waals surface area contributed by atoms with E-state index in [0.29, 0.717) is 39.0 Å². The Morgan fingerprint density at radius 2 is 1.77 bits per heavy atom. The lowest BCUT2D eigenvalue weighted by Gasteiger charge is -2.22. The van der Waals surface area contributed by atoms with Crippen molar-refractivity contribution in [1.82, 2.24) is 14.5 Å². The number of hydrogen-bond acceptors (Lipinski definition) is 8. The highest BCUT2D eigenvalue weighted by Crippen LogP contribution is 2.31. The molecule has 0 spiro atoms. The number of para-hydroxylation sites is 1. The van der Waals surface area contributed by atoms with Gasteiger partial charge in [0.15, 0.2) is 0 Å². The smallest absolute Gasteiger partial charge is 0.263 e. The van der Waals surface area contributed by atoms with Crippen LogP contribution in [0.2, 0.25) is 0 Å². The van der Waals surface area contributed by atoms with Crippen LogP contribution in [0.3, 0.4) is 0 Å². The summed E-state index contributed by atoms with van der Waals surface area (Å²) >= 11 is 0. The Labute approximate surface area is 230 Å². The van der Waals surface area contributed by atoms with Gasteiger partial charge in [-0.3, -0.25) is 14.1 Å². The lowest BCUT2D eigenvalue weighted by Crippen LogP contribution is -2.26. The summed E-state index contributed by atoms with van der Waals surface area (Å²) in [5.41, 5.74) is 8.76. The molecule has 0 aliphatic carbocycles. The van der Waals surface area contributed by atoms with Crippen LogP contribution in [-0.4, -0.2) is 29.2 Å². The van der Waals surface area contributed by atoms with Gasteiger partial charge >= 0.3 is 0 Å². The van der Waals surface area contributed by atoms with Gasteiger partial charge in [-0.15, -0.1) is 0 Å². The van der Waals surface area contributed by atoms with Crippen molar-refractivity contribution >= 4 is 38.2 Å². The number of sulfonamides is 1. The summed E-state index contributed by atoms with van der Waals surface area (Å²) in [6.07, 6.45) is 2.43. The monoisotopic (exact) mass is 551 g/mol. The van der Waals surface area contributed by atoms with Crippen LogP contribution in [0.25, 0.3) is 27.6 Å². The van der Waals surface area contributed by atoms with Crippen LogP contribution in [0.4, 0.5) is 17.5 Å². The molecule has 0 radical (unpaired) electrons. The largest absolute Gasteiger partial charge is 0.368 e. The second-order valence-corrected chi connectivity index (χ2v) is 11.0. The molecule has 0 saturated carbocycles. The van der Waals surface area contributed by atoms with Crippen molar-refractivity contribution in [1.29, 1.82) is 5.26 Å². The van der Waals surface area contributed by atoms with Gasteiger partial charge in [-0.2, -0.15) is 10.2 Å². The van der Waals surface area contributed by atoms with Crippen molar-refractivity contribution in [3.05, 3.63) is 107 Å². The Kier molecular flexibility index (Phi) is 6.94. The number of benzene rings is 3. The Morgan fingerprint density at radius 1 is 1.02 bits per heavy atom. The number of nitriles is 1. The predicted octanol–water partition coefficient (Wildman–Crippen LogP) is 4.45. The van der Waals surface area contributed by atoms with Gasteiger partial charge in [-0.1, -0.05) is 48.5 Å². The molecule has 10 nitrogen and oxygen atoms in total. The number of anilines is 3. The number of nitrogen functional groups attached to an aromatic ring is 1. The molecule has 0 amide bonds. The molecule has 200 valence electrons. The topological polar surface area (TPSA) is 156 Å². The summed E-state index contributed by atoms with van der Waals surface area (Å²) in [7, 11) is -3.48. The predicted molar refractivity (Wildman–Crippen MR) is 157 cm³/mol. The third kappa shape index (κ3) is 5.34. The minimum atomic E-state index is -3.48. The Bertz CT molecular complexity index is 1950. The minimum absolute atomic E-state index is 0.0184. The van der Waals surface area contributed by atoms with Gasteiger partial charge in [-0.05, 0) is 53.8 Å². The second-order valence-electron chi connectivity index (χ2n) is 9.24. The van der Waals surface area contributed by atoms with E-state index >= 15 is 0 Å². The summed E-state index contributed by atoms with van der Waals surface area (Å²) in [6, 6.07) is 25.2. The number of rotatable bonds is 7. The number of pyridine rings is 1. The first-order valence-electron chi connectivity index (χ1n) is 12.3. The molecule has 0 bridgehead atoms. The molecule has 3 aromatic carbocycles. The van der Waals surface area contributed by atoms with E-state index in [1.165, 1.54) is 6.20 Å². The van der Waals surface area contributed by atoms with Crippen LogP contribution in [0.15, 0.2) is 89.9 Å². The van der Waals surface area contributed by atoms with E-state index in [-0.39, 0.29) is 22.9 Å². The number of hydrogen-bond donors (Lipinski definition) is 3. The third-order valence-electron chi connectivity index (χ3n) is 6.29. The summed E-state index contributed by atoms with van der Waals surface area (Å²) in [6.45, 7) is 1.86. The fourth-order valence-electron chi connectivity index (χ4n) is 4.62. The summed E-state index contributed by atoms with van der Waals surface area (Å²) in [5.74, 6) is 0.281. The molecule has 5 rings (SSSR count). The molecule has 0 saturated heterocycles. The molecule has 4 N–H and O–H groups in total. The van der Waals surface area contributed by atoms with E-state index in [9.17, 15) is 18.5 Å². The summed E-state index contributed by atoms with van der Waals surface area (Å²) in [4.78, 5) is 22.4. The maximum atomic E-state index is 14.3. The Morgan fingerprint density at radius 3 is 2.50 bits per heavy atom. The first kappa shape index (κ1) is 26.4. The zero-order valence-corrected chi connectivity index (χ0v) is 22.5. The second kappa shape index (κ2) is 10.5. The quantitative estimate of drug-likeness (QED) is 0.268. The number of fused-ring (bicyclic) bond motifs is 1. The normalized spacial score (nSPS) is 12.0. The van der Waals surface area contributed by atoms with Crippen LogP contribution in [0.5, 0.6) is 0 Å². The van der Waals surface area contributed by atoms with Gasteiger partial charge < -0.3 is 11.1 Å². The highest BCUT2D eigenvalue weighted by atomic mass is 32.2. The molecule has 2 aromatic heterocycles. The van der Waals surface area contributed by atoms with Crippen molar-refractivity contribution in [3.8, 4) is 22.9 Å². The average Bonchev–Trinajstić information content (AvgIpc) is 2.92. The van der Waals surface area contributed by atoms with E-state index in [2.05, 4.69) is 26.1 Å². The fraction of sp³-hybridized carbons (Fsp3) is 0.103. The van der Waals surface area contributed by atoms with Crippen LogP contribution in [0.1, 0.15) is 24.2 Å². The molecule has 1 atom stereocenters. The first-order valence-corrected chi connectivity index (χ1v) is 14.2. The van der Waals surface area contributed by atoms with E-state index in [4.69, 9.17) is 5.73 Å². The highest BCUT2D eigenvalue weighted by Gasteiger charge is 2.20. The molecule has 0 aliphatic rings. The molecule has 5 aromatic rings. The maximum absolute atomic E-state index is 14.3. The zero-order chi connectivity index (χ0) is 28.4. The van der Waals surface area contributed by atoms with Crippen LogP contribution in [-0.2, 0) is 10.0 Å². The van der Waals surface area contributed by atoms with Crippen molar-refractivity contribution < 1.29 is 8.42 Å². The molecule has 2 heterocycles. The van der Waals surface area contributed by atoms with E-state index in [1.807, 2.05) is 67.6 Å². The van der Waals surface area contributed by atoms with Gasteiger partial charge in [0.2, 0.25) is 16.0 Å². The highest BCUT2D eigenvalue weighted by molar-refractivity contribution is 7.92. The van der Waals surface area contributed by atoms with E-state index in [1.54, 1.807) is 22.8 Å². The Hall–Kier alpha value is -5.21. The molecular weight excluding hydrogens is 526 g/mol. The molecular formula is C29H25N7O3S. The Balaban J connectivity index is 1.72. The van der Waals surface area contributed by atoms with Crippen LogP contribution in [0, 0.1) is 11.3 Å². The van der Waals surface area contributed by atoms with Gasteiger partial charge in [0.05, 0.1) is 23.9 Å². The standard InChI is InChI=1S/C29H25N7O3S/c1-18(33-27-21(16-30)17-32-29(31)34-27)25-15-20-9-7-13-24(19-8-6-10-22(14-19)35-40(2,38)39)26(20)28(37)36(25)23-11-4-3-5-12-23/h3-15,17-18,35H,1-2H3,(H3,31,32,33,34)/t18-/m0/s1. The minimum Gasteiger partial charge on any atom is -0.368 e. The number of aromatic nitrogens is 3. The number of nitrogens with two attached hydrogens (primary N) is 1. The lowest BCUT2D eigenvalue weighted by atomic mass is 9.97.